The summed E-state index contributed by atoms with van der Waals surface area (Å²) in [4.78, 5) is 13.4. The predicted octanol–water partition coefficient (Wildman–Crippen LogP) is 2.99. The molecule has 1 N–H and O–H groups in total. The Labute approximate surface area is 156 Å². The lowest BCUT2D eigenvalue weighted by molar-refractivity contribution is 0.630. The molecule has 1 saturated heterocycles. The van der Waals surface area contributed by atoms with E-state index in [1.165, 1.54) is 0 Å². The molecule has 7 nitrogen and oxygen atoms in total. The molecule has 26 heavy (non-hydrogen) atoms. The average molecular weight is 368 g/mol. The molecule has 4 rings (SSSR count). The van der Waals surface area contributed by atoms with Gasteiger partial charge in [0.2, 0.25) is 5.95 Å². The zero-order valence-corrected chi connectivity index (χ0v) is 14.8. The second-order valence-electron chi connectivity index (χ2n) is 5.91. The average Bonchev–Trinajstić information content (AvgIpc) is 2.71. The van der Waals surface area contributed by atoms with Crippen molar-refractivity contribution in [1.82, 2.24) is 20.2 Å². The van der Waals surface area contributed by atoms with Crippen LogP contribution in [0, 0.1) is 0 Å². The highest BCUT2D eigenvalue weighted by Crippen LogP contribution is 2.24. The molecule has 0 amide bonds. The van der Waals surface area contributed by atoms with Gasteiger partial charge in [-0.25, -0.2) is 4.98 Å². The van der Waals surface area contributed by atoms with Crippen molar-refractivity contribution in [3.05, 3.63) is 59.9 Å². The number of pyridine rings is 1. The summed E-state index contributed by atoms with van der Waals surface area (Å²) >= 11 is 6.19. The molecule has 2 aromatic heterocycles. The smallest absolute Gasteiger partial charge is 0.247 e. The third-order valence-corrected chi connectivity index (χ3v) is 4.55. The number of halogens is 1. The Kier molecular flexibility index (Phi) is 4.79. The summed E-state index contributed by atoms with van der Waals surface area (Å²) < 4.78 is 0. The third kappa shape index (κ3) is 3.67. The number of aromatic nitrogens is 4. The first-order valence-corrected chi connectivity index (χ1v) is 8.79. The van der Waals surface area contributed by atoms with Crippen LogP contribution >= 0.6 is 11.6 Å². The molecular weight excluding hydrogens is 350 g/mol. The lowest BCUT2D eigenvalue weighted by atomic mass is 10.3. The molecule has 0 atom stereocenters. The Hall–Kier alpha value is -2.93. The topological polar surface area (TPSA) is 70.1 Å². The maximum atomic E-state index is 6.19. The molecule has 0 unspecified atom stereocenters. The van der Waals surface area contributed by atoms with E-state index >= 15 is 0 Å². The van der Waals surface area contributed by atoms with Gasteiger partial charge in [0.15, 0.2) is 5.82 Å². The van der Waals surface area contributed by atoms with Gasteiger partial charge >= 0.3 is 0 Å². The van der Waals surface area contributed by atoms with Crippen LogP contribution in [0.1, 0.15) is 0 Å². The van der Waals surface area contributed by atoms with E-state index < -0.39 is 0 Å². The van der Waals surface area contributed by atoms with Crippen molar-refractivity contribution in [2.45, 2.75) is 0 Å². The first kappa shape index (κ1) is 16.5. The fraction of sp³-hybridized carbons (Fsp3) is 0.222. The Morgan fingerprint density at radius 1 is 0.923 bits per heavy atom. The minimum absolute atomic E-state index is 0.614. The normalized spacial score (nSPS) is 14.3. The zero-order chi connectivity index (χ0) is 17.8. The van der Waals surface area contributed by atoms with Crippen LogP contribution in [0.4, 0.5) is 23.3 Å². The predicted molar refractivity (Wildman–Crippen MR) is 103 cm³/mol. The van der Waals surface area contributed by atoms with Crippen LogP contribution < -0.4 is 15.1 Å². The number of hydrogen-bond acceptors (Lipinski definition) is 7. The second-order valence-corrected chi connectivity index (χ2v) is 6.32. The number of para-hydroxylation sites is 1. The van der Waals surface area contributed by atoms with E-state index in [9.17, 15) is 0 Å². The lowest BCUT2D eigenvalue weighted by Crippen LogP contribution is -2.47. The summed E-state index contributed by atoms with van der Waals surface area (Å²) in [5, 5.41) is 12.1. The van der Waals surface area contributed by atoms with Crippen LogP contribution in [0.2, 0.25) is 5.02 Å². The molecular formula is C18H18ClN7. The molecule has 3 aromatic rings. The van der Waals surface area contributed by atoms with Crippen molar-refractivity contribution in [2.24, 2.45) is 0 Å². The SMILES string of the molecule is Clc1ccccc1Nc1cnnc(N2CCN(c3ccccn3)CC2)n1. The van der Waals surface area contributed by atoms with Crippen LogP contribution in [0.15, 0.2) is 54.9 Å². The lowest BCUT2D eigenvalue weighted by Gasteiger charge is -2.35. The van der Waals surface area contributed by atoms with E-state index in [4.69, 9.17) is 11.6 Å². The highest BCUT2D eigenvalue weighted by atomic mass is 35.5. The first-order valence-electron chi connectivity index (χ1n) is 8.42. The molecule has 1 aliphatic rings. The zero-order valence-electron chi connectivity index (χ0n) is 14.1. The van der Waals surface area contributed by atoms with Gasteiger partial charge in [-0.15, -0.1) is 5.10 Å². The number of rotatable bonds is 4. The monoisotopic (exact) mass is 367 g/mol. The van der Waals surface area contributed by atoms with Gasteiger partial charge in [-0.3, -0.25) is 0 Å². The Balaban J connectivity index is 1.44. The van der Waals surface area contributed by atoms with Gasteiger partial charge in [-0.05, 0) is 24.3 Å². The van der Waals surface area contributed by atoms with E-state index in [-0.39, 0.29) is 0 Å². The van der Waals surface area contributed by atoms with Gasteiger partial charge in [-0.2, -0.15) is 10.1 Å². The van der Waals surface area contributed by atoms with E-state index in [0.717, 1.165) is 37.7 Å². The molecule has 1 aromatic carbocycles. The quantitative estimate of drug-likeness (QED) is 0.760. The molecule has 0 saturated carbocycles. The molecule has 1 aliphatic heterocycles. The van der Waals surface area contributed by atoms with Crippen molar-refractivity contribution in [3.63, 3.8) is 0 Å². The summed E-state index contributed by atoms with van der Waals surface area (Å²) in [6, 6.07) is 13.5. The number of nitrogens with zero attached hydrogens (tertiary/aromatic N) is 6. The van der Waals surface area contributed by atoms with Crippen molar-refractivity contribution in [2.75, 3.05) is 41.3 Å². The molecule has 0 radical (unpaired) electrons. The molecule has 3 heterocycles. The van der Waals surface area contributed by atoms with Crippen LogP contribution in [0.5, 0.6) is 0 Å². The number of anilines is 4. The Bertz CT molecular complexity index is 866. The highest BCUT2D eigenvalue weighted by Gasteiger charge is 2.20. The van der Waals surface area contributed by atoms with Gasteiger partial charge in [0.05, 0.1) is 16.9 Å². The molecule has 0 aliphatic carbocycles. The largest absolute Gasteiger partial charge is 0.353 e. The van der Waals surface area contributed by atoms with E-state index in [2.05, 4.69) is 35.3 Å². The second kappa shape index (κ2) is 7.53. The van der Waals surface area contributed by atoms with Crippen LogP contribution in [-0.2, 0) is 0 Å². The molecule has 8 heteroatoms. The molecule has 132 valence electrons. The van der Waals surface area contributed by atoms with Crippen LogP contribution in [-0.4, -0.2) is 46.3 Å². The maximum Gasteiger partial charge on any atom is 0.247 e. The van der Waals surface area contributed by atoms with Crippen LogP contribution in [0.3, 0.4) is 0 Å². The highest BCUT2D eigenvalue weighted by molar-refractivity contribution is 6.33. The molecule has 0 spiro atoms. The molecule has 1 fully saturated rings. The number of piperazine rings is 1. The van der Waals surface area contributed by atoms with Crippen molar-refractivity contribution in [1.29, 1.82) is 0 Å². The third-order valence-electron chi connectivity index (χ3n) is 4.22. The van der Waals surface area contributed by atoms with Crippen molar-refractivity contribution in [3.8, 4) is 0 Å². The standard InChI is InChI=1S/C18H18ClN7/c19-14-5-1-2-6-15(14)22-16-13-21-24-18(23-16)26-11-9-25(10-12-26)17-7-3-4-8-20-17/h1-8,13H,9-12H2,(H,22,23,24). The summed E-state index contributed by atoms with van der Waals surface area (Å²) in [7, 11) is 0. The van der Waals surface area contributed by atoms with E-state index in [0.29, 0.717) is 16.8 Å². The van der Waals surface area contributed by atoms with Gasteiger partial charge in [0.1, 0.15) is 5.82 Å². The molecule has 0 bridgehead atoms. The van der Waals surface area contributed by atoms with Crippen molar-refractivity contribution >= 4 is 34.9 Å². The van der Waals surface area contributed by atoms with E-state index in [1.807, 2.05) is 48.7 Å². The summed E-state index contributed by atoms with van der Waals surface area (Å²) in [5.41, 5.74) is 0.792. The number of benzene rings is 1. The summed E-state index contributed by atoms with van der Waals surface area (Å²) in [5.74, 6) is 2.23. The van der Waals surface area contributed by atoms with Gasteiger partial charge in [0.25, 0.3) is 0 Å². The Morgan fingerprint density at radius 2 is 1.69 bits per heavy atom. The first-order chi connectivity index (χ1) is 12.8. The summed E-state index contributed by atoms with van der Waals surface area (Å²) in [6.45, 7) is 3.35. The number of hydrogen-bond donors (Lipinski definition) is 1. The minimum atomic E-state index is 0.614. The number of nitrogens with one attached hydrogen (secondary N) is 1. The Morgan fingerprint density at radius 3 is 2.46 bits per heavy atom. The van der Waals surface area contributed by atoms with Gasteiger partial charge < -0.3 is 15.1 Å². The fourth-order valence-corrected chi connectivity index (χ4v) is 3.05. The van der Waals surface area contributed by atoms with Gasteiger partial charge in [-0.1, -0.05) is 29.8 Å². The van der Waals surface area contributed by atoms with E-state index in [1.54, 1.807) is 6.20 Å². The van der Waals surface area contributed by atoms with Crippen LogP contribution in [0.25, 0.3) is 0 Å². The maximum absolute atomic E-state index is 6.19. The minimum Gasteiger partial charge on any atom is -0.353 e. The summed E-state index contributed by atoms with van der Waals surface area (Å²) in [6.07, 6.45) is 3.41. The van der Waals surface area contributed by atoms with Crippen molar-refractivity contribution < 1.29 is 0 Å². The fourth-order valence-electron chi connectivity index (χ4n) is 2.87. The van der Waals surface area contributed by atoms with Gasteiger partial charge in [0, 0.05) is 32.4 Å².